The summed E-state index contributed by atoms with van der Waals surface area (Å²) in [5, 5.41) is 3.30. The number of thiophene rings is 1. The molecule has 1 heterocycles. The van der Waals surface area contributed by atoms with Crippen LogP contribution in [0.3, 0.4) is 0 Å². The first-order chi connectivity index (χ1) is 8.60. The third-order valence-electron chi connectivity index (χ3n) is 2.76. The van der Waals surface area contributed by atoms with Gasteiger partial charge in [-0.1, -0.05) is 35.3 Å². The van der Waals surface area contributed by atoms with Gasteiger partial charge in [-0.25, -0.2) is 0 Å². The predicted octanol–water partition coefficient (Wildman–Crippen LogP) is 5.16. The highest BCUT2D eigenvalue weighted by molar-refractivity contribution is 14.1. The third-order valence-corrected chi connectivity index (χ3v) is 5.00. The Bertz CT molecular complexity index is 524. The quantitative estimate of drug-likeness (QED) is 0.685. The van der Waals surface area contributed by atoms with Gasteiger partial charge in [0.2, 0.25) is 0 Å². The summed E-state index contributed by atoms with van der Waals surface area (Å²) in [7, 11) is 1.94. The fourth-order valence-electron chi connectivity index (χ4n) is 1.81. The number of hydrogen-bond donors (Lipinski definition) is 1. The number of rotatable bonds is 4. The van der Waals surface area contributed by atoms with E-state index in [0.717, 1.165) is 20.7 Å². The topological polar surface area (TPSA) is 12.0 Å². The van der Waals surface area contributed by atoms with Crippen molar-refractivity contribution in [2.75, 3.05) is 7.05 Å². The van der Waals surface area contributed by atoms with Crippen LogP contribution in [0.5, 0.6) is 0 Å². The zero-order chi connectivity index (χ0) is 13.1. The predicted molar refractivity (Wildman–Crippen MR) is 89.0 cm³/mol. The van der Waals surface area contributed by atoms with Crippen LogP contribution >= 0.6 is 57.1 Å². The van der Waals surface area contributed by atoms with Gasteiger partial charge in [-0.15, -0.1) is 11.3 Å². The molecule has 0 aliphatic rings. The van der Waals surface area contributed by atoms with Crippen molar-refractivity contribution in [2.45, 2.75) is 12.5 Å². The van der Waals surface area contributed by atoms with E-state index in [0.29, 0.717) is 0 Å². The minimum Gasteiger partial charge on any atom is -0.313 e. The molecule has 1 nitrogen and oxygen atoms in total. The molecule has 0 spiro atoms. The fraction of sp³-hybridized carbons (Fsp3) is 0.231. The first kappa shape index (κ1) is 14.6. The van der Waals surface area contributed by atoms with Crippen LogP contribution in [0.2, 0.25) is 8.67 Å². The average Bonchev–Trinajstić information content (AvgIpc) is 2.68. The van der Waals surface area contributed by atoms with Crippen molar-refractivity contribution in [1.29, 1.82) is 0 Å². The van der Waals surface area contributed by atoms with Crippen LogP contribution < -0.4 is 5.32 Å². The molecule has 0 saturated heterocycles. The van der Waals surface area contributed by atoms with E-state index >= 15 is 0 Å². The van der Waals surface area contributed by atoms with Crippen LogP contribution in [-0.4, -0.2) is 7.05 Å². The Kier molecular flexibility index (Phi) is 5.33. The van der Waals surface area contributed by atoms with Crippen LogP contribution in [-0.2, 0) is 6.42 Å². The SMILES string of the molecule is CNC(Cc1ccc(I)cc1)c1cc(Cl)sc1Cl. The highest BCUT2D eigenvalue weighted by Crippen LogP contribution is 2.36. The van der Waals surface area contributed by atoms with Gasteiger partial charge in [-0.2, -0.15) is 0 Å². The van der Waals surface area contributed by atoms with Crippen LogP contribution in [0.1, 0.15) is 17.2 Å². The molecular formula is C13H12Cl2INS. The molecule has 1 N–H and O–H groups in total. The van der Waals surface area contributed by atoms with Crippen molar-refractivity contribution in [3.63, 3.8) is 0 Å². The van der Waals surface area contributed by atoms with Gasteiger partial charge in [-0.3, -0.25) is 0 Å². The lowest BCUT2D eigenvalue weighted by atomic mass is 10.0. The molecule has 1 aromatic heterocycles. The van der Waals surface area contributed by atoms with Gasteiger partial charge in [-0.05, 0) is 59.8 Å². The number of nitrogens with one attached hydrogen (secondary N) is 1. The first-order valence-corrected chi connectivity index (χ1v) is 8.11. The minimum atomic E-state index is 0.196. The lowest BCUT2D eigenvalue weighted by molar-refractivity contribution is 0.594. The zero-order valence-corrected chi connectivity index (χ0v) is 14.2. The second-order valence-corrected chi connectivity index (χ2v) is 7.48. The highest BCUT2D eigenvalue weighted by atomic mass is 127. The molecule has 2 aromatic rings. The van der Waals surface area contributed by atoms with Crippen molar-refractivity contribution in [2.24, 2.45) is 0 Å². The smallest absolute Gasteiger partial charge is 0.0992 e. The number of benzene rings is 1. The molecule has 0 aliphatic carbocycles. The lowest BCUT2D eigenvalue weighted by Crippen LogP contribution is -2.18. The summed E-state index contributed by atoms with van der Waals surface area (Å²) in [6.07, 6.45) is 0.903. The Morgan fingerprint density at radius 1 is 1.28 bits per heavy atom. The second kappa shape index (κ2) is 6.57. The standard InChI is InChI=1S/C13H12Cl2INS/c1-17-11(10-7-12(14)18-13(10)15)6-8-2-4-9(16)5-3-8/h2-5,7,11,17H,6H2,1H3. The molecule has 1 unspecified atom stereocenters. The van der Waals surface area contributed by atoms with Gasteiger partial charge in [0, 0.05) is 15.2 Å². The summed E-state index contributed by atoms with van der Waals surface area (Å²) >= 11 is 15.9. The maximum Gasteiger partial charge on any atom is 0.0992 e. The lowest BCUT2D eigenvalue weighted by Gasteiger charge is -2.15. The van der Waals surface area contributed by atoms with E-state index in [4.69, 9.17) is 23.2 Å². The Morgan fingerprint density at radius 2 is 1.94 bits per heavy atom. The Morgan fingerprint density at radius 3 is 2.44 bits per heavy atom. The second-order valence-electron chi connectivity index (χ2n) is 3.95. The Balaban J connectivity index is 2.19. The normalized spacial score (nSPS) is 12.7. The number of halogens is 3. The minimum absolute atomic E-state index is 0.196. The first-order valence-electron chi connectivity index (χ1n) is 5.46. The summed E-state index contributed by atoms with van der Waals surface area (Å²) in [4.78, 5) is 0. The summed E-state index contributed by atoms with van der Waals surface area (Å²) in [5.74, 6) is 0. The third kappa shape index (κ3) is 3.61. The van der Waals surface area contributed by atoms with Gasteiger partial charge < -0.3 is 5.32 Å². The largest absolute Gasteiger partial charge is 0.313 e. The fourth-order valence-corrected chi connectivity index (χ4v) is 3.75. The molecule has 0 fully saturated rings. The summed E-state index contributed by atoms with van der Waals surface area (Å²) < 4.78 is 2.75. The molecule has 18 heavy (non-hydrogen) atoms. The van der Waals surface area contributed by atoms with Gasteiger partial charge in [0.15, 0.2) is 0 Å². The van der Waals surface area contributed by atoms with Crippen molar-refractivity contribution >= 4 is 57.1 Å². The van der Waals surface area contributed by atoms with Crippen molar-refractivity contribution in [1.82, 2.24) is 5.32 Å². The summed E-state index contributed by atoms with van der Waals surface area (Å²) in [6.45, 7) is 0. The summed E-state index contributed by atoms with van der Waals surface area (Å²) in [5.41, 5.74) is 2.36. The monoisotopic (exact) mass is 411 g/mol. The van der Waals surface area contributed by atoms with Gasteiger partial charge >= 0.3 is 0 Å². The molecule has 0 aliphatic heterocycles. The van der Waals surface area contributed by atoms with Crippen LogP contribution in [0.25, 0.3) is 0 Å². The van der Waals surface area contributed by atoms with Crippen LogP contribution in [0.4, 0.5) is 0 Å². The van der Waals surface area contributed by atoms with Gasteiger partial charge in [0.25, 0.3) is 0 Å². The van der Waals surface area contributed by atoms with Gasteiger partial charge in [0.05, 0.1) is 8.67 Å². The Hall–Kier alpha value is 0.190. The van der Waals surface area contributed by atoms with E-state index in [1.54, 1.807) is 0 Å². The molecule has 2 rings (SSSR count). The van der Waals surface area contributed by atoms with Crippen molar-refractivity contribution < 1.29 is 0 Å². The highest BCUT2D eigenvalue weighted by Gasteiger charge is 2.16. The zero-order valence-electron chi connectivity index (χ0n) is 9.71. The van der Waals surface area contributed by atoms with E-state index in [2.05, 4.69) is 52.2 Å². The average molecular weight is 412 g/mol. The molecule has 5 heteroatoms. The molecular weight excluding hydrogens is 400 g/mol. The maximum atomic E-state index is 6.20. The van der Waals surface area contributed by atoms with Crippen LogP contribution in [0.15, 0.2) is 30.3 Å². The molecule has 96 valence electrons. The maximum absolute atomic E-state index is 6.20. The molecule has 0 bridgehead atoms. The molecule has 1 aromatic carbocycles. The van der Waals surface area contributed by atoms with Gasteiger partial charge in [0.1, 0.15) is 0 Å². The van der Waals surface area contributed by atoms with E-state index in [-0.39, 0.29) is 6.04 Å². The van der Waals surface area contributed by atoms with E-state index in [9.17, 15) is 0 Å². The molecule has 0 radical (unpaired) electrons. The van der Waals surface area contributed by atoms with Crippen LogP contribution in [0, 0.1) is 3.57 Å². The van der Waals surface area contributed by atoms with E-state index in [1.165, 1.54) is 20.5 Å². The van der Waals surface area contributed by atoms with E-state index in [1.807, 2.05) is 13.1 Å². The Labute approximate surface area is 135 Å². The van der Waals surface area contributed by atoms with E-state index < -0.39 is 0 Å². The molecule has 0 saturated carbocycles. The van der Waals surface area contributed by atoms with Crippen molar-refractivity contribution in [3.05, 3.63) is 53.7 Å². The molecule has 0 amide bonds. The van der Waals surface area contributed by atoms with Crippen molar-refractivity contribution in [3.8, 4) is 0 Å². The number of hydrogen-bond acceptors (Lipinski definition) is 2. The summed E-state index contributed by atoms with van der Waals surface area (Å²) in [6, 6.07) is 10.7. The number of likely N-dealkylation sites (N-methyl/N-ethyl adjacent to an activating group) is 1. The molecule has 1 atom stereocenters.